The van der Waals surface area contributed by atoms with Crippen molar-refractivity contribution in [3.8, 4) is 0 Å². The van der Waals surface area contributed by atoms with E-state index < -0.39 is 11.7 Å². The molecule has 0 atom stereocenters. The first kappa shape index (κ1) is 17.7. The molecule has 26 heavy (non-hydrogen) atoms. The van der Waals surface area contributed by atoms with Crippen molar-refractivity contribution in [2.24, 2.45) is 0 Å². The van der Waals surface area contributed by atoms with Crippen molar-refractivity contribution in [1.29, 1.82) is 0 Å². The van der Waals surface area contributed by atoms with Gasteiger partial charge in [-0.25, -0.2) is 9.37 Å². The number of benzene rings is 1. The summed E-state index contributed by atoms with van der Waals surface area (Å²) >= 11 is 1.20. The van der Waals surface area contributed by atoms with Crippen molar-refractivity contribution in [1.82, 2.24) is 20.5 Å². The summed E-state index contributed by atoms with van der Waals surface area (Å²) in [5.41, 5.74) is 0.833. The summed E-state index contributed by atoms with van der Waals surface area (Å²) in [6.45, 7) is 1.80. The molecule has 134 valence electrons. The van der Waals surface area contributed by atoms with E-state index >= 15 is 0 Å². The van der Waals surface area contributed by atoms with E-state index in [1.165, 1.54) is 35.6 Å². The normalized spacial score (nSPS) is 10.5. The Morgan fingerprint density at radius 3 is 2.69 bits per heavy atom. The maximum absolute atomic E-state index is 12.9. The van der Waals surface area contributed by atoms with Gasteiger partial charge in [-0.15, -0.1) is 21.5 Å². The van der Waals surface area contributed by atoms with Gasteiger partial charge in [0.2, 0.25) is 17.7 Å². The number of rotatable bonds is 6. The number of nitrogens with zero attached hydrogens (tertiary/aromatic N) is 3. The number of aromatic nitrogens is 3. The molecular weight excluding hydrogens is 361 g/mol. The van der Waals surface area contributed by atoms with Crippen LogP contribution in [-0.4, -0.2) is 27.0 Å². The van der Waals surface area contributed by atoms with E-state index in [4.69, 9.17) is 4.42 Å². The molecule has 0 fully saturated rings. The van der Waals surface area contributed by atoms with Crippen molar-refractivity contribution >= 4 is 28.3 Å². The molecular formula is C16H14FN5O3S. The molecule has 0 aliphatic heterocycles. The minimum Gasteiger partial charge on any atom is -0.424 e. The van der Waals surface area contributed by atoms with Gasteiger partial charge >= 0.3 is 0 Å². The van der Waals surface area contributed by atoms with Gasteiger partial charge in [0.25, 0.3) is 5.91 Å². The zero-order valence-electron chi connectivity index (χ0n) is 13.7. The molecule has 2 heterocycles. The van der Waals surface area contributed by atoms with E-state index in [-0.39, 0.29) is 18.9 Å². The number of carbonyl (C=O) groups is 2. The Hall–Kier alpha value is -3.14. The lowest BCUT2D eigenvalue weighted by atomic mass is 10.2. The number of carbonyl (C=O) groups excluding carboxylic acids is 2. The third kappa shape index (κ3) is 4.70. The van der Waals surface area contributed by atoms with Crippen LogP contribution in [0.1, 0.15) is 27.8 Å². The van der Waals surface area contributed by atoms with Crippen LogP contribution in [-0.2, 0) is 17.8 Å². The molecule has 0 radical (unpaired) electrons. The molecule has 2 aromatic heterocycles. The highest BCUT2D eigenvalue weighted by Crippen LogP contribution is 2.17. The summed E-state index contributed by atoms with van der Waals surface area (Å²) in [4.78, 5) is 28.2. The van der Waals surface area contributed by atoms with Gasteiger partial charge in [-0.2, -0.15) is 0 Å². The number of aryl methyl sites for hydroxylation is 1. The van der Waals surface area contributed by atoms with Crippen LogP contribution in [0.3, 0.4) is 0 Å². The minimum absolute atomic E-state index is 0.0516. The predicted molar refractivity (Wildman–Crippen MR) is 91.1 cm³/mol. The third-order valence-corrected chi connectivity index (χ3v) is 4.03. The minimum atomic E-state index is -0.417. The number of hydrogen-bond donors (Lipinski definition) is 2. The van der Waals surface area contributed by atoms with Crippen LogP contribution >= 0.6 is 11.3 Å². The number of thiazole rings is 1. The topological polar surface area (TPSA) is 110 Å². The predicted octanol–water partition coefficient (Wildman–Crippen LogP) is 2.08. The Morgan fingerprint density at radius 1 is 1.23 bits per heavy atom. The fraction of sp³-hybridized carbons (Fsp3) is 0.188. The molecule has 0 saturated heterocycles. The smallest absolute Gasteiger partial charge is 0.257 e. The lowest BCUT2D eigenvalue weighted by molar-refractivity contribution is -0.120. The highest BCUT2D eigenvalue weighted by molar-refractivity contribution is 7.14. The Labute approximate surface area is 151 Å². The van der Waals surface area contributed by atoms with Crippen LogP contribution in [0, 0.1) is 12.7 Å². The molecule has 0 aliphatic carbocycles. The van der Waals surface area contributed by atoms with Crippen molar-refractivity contribution in [2.75, 3.05) is 5.32 Å². The largest absolute Gasteiger partial charge is 0.424 e. The third-order valence-electron chi connectivity index (χ3n) is 3.22. The van der Waals surface area contributed by atoms with E-state index in [9.17, 15) is 14.0 Å². The fourth-order valence-electron chi connectivity index (χ4n) is 2.03. The van der Waals surface area contributed by atoms with Crippen LogP contribution < -0.4 is 10.6 Å². The van der Waals surface area contributed by atoms with Crippen LogP contribution in [0.4, 0.5) is 9.52 Å². The zero-order valence-corrected chi connectivity index (χ0v) is 14.5. The maximum Gasteiger partial charge on any atom is 0.257 e. The van der Waals surface area contributed by atoms with E-state index in [2.05, 4.69) is 25.8 Å². The van der Waals surface area contributed by atoms with Gasteiger partial charge in [-0.1, -0.05) is 0 Å². The second kappa shape index (κ2) is 7.83. The highest BCUT2D eigenvalue weighted by Gasteiger charge is 2.12. The number of nitrogens with one attached hydrogen (secondary N) is 2. The van der Waals surface area contributed by atoms with Crippen LogP contribution in [0.2, 0.25) is 0 Å². The number of amides is 2. The van der Waals surface area contributed by atoms with Gasteiger partial charge in [0, 0.05) is 17.9 Å². The molecule has 10 heteroatoms. The average molecular weight is 375 g/mol. The summed E-state index contributed by atoms with van der Waals surface area (Å²) in [5, 5.41) is 14.7. The maximum atomic E-state index is 12.9. The standard InChI is InChI=1S/C16H14FN5O3S/c1-9-21-22-14(25-9)7-18-13(23)6-12-8-26-16(19-12)20-15(24)10-2-4-11(17)5-3-10/h2-5,8H,6-7H2,1H3,(H,18,23)(H,19,20,24). The number of hydrogen-bond acceptors (Lipinski definition) is 7. The molecule has 2 N–H and O–H groups in total. The van der Waals surface area contributed by atoms with Crippen molar-refractivity contribution in [2.45, 2.75) is 19.9 Å². The Kier molecular flexibility index (Phi) is 5.32. The van der Waals surface area contributed by atoms with Crippen molar-refractivity contribution in [3.63, 3.8) is 0 Å². The van der Waals surface area contributed by atoms with E-state index in [0.717, 1.165) is 0 Å². The van der Waals surface area contributed by atoms with Gasteiger partial charge in [0.1, 0.15) is 5.82 Å². The molecule has 3 aromatic rings. The van der Waals surface area contributed by atoms with Crippen LogP contribution in [0.5, 0.6) is 0 Å². The summed E-state index contributed by atoms with van der Waals surface area (Å²) in [7, 11) is 0. The molecule has 2 amide bonds. The highest BCUT2D eigenvalue weighted by atomic mass is 32.1. The van der Waals surface area contributed by atoms with E-state index in [1.54, 1.807) is 12.3 Å². The van der Waals surface area contributed by atoms with Gasteiger partial charge in [0.05, 0.1) is 18.7 Å². The Morgan fingerprint density at radius 2 is 2.00 bits per heavy atom. The Bertz CT molecular complexity index is 922. The average Bonchev–Trinajstić information content (AvgIpc) is 3.22. The molecule has 0 unspecified atom stereocenters. The van der Waals surface area contributed by atoms with E-state index in [1.807, 2.05) is 0 Å². The molecule has 0 aliphatic rings. The SMILES string of the molecule is Cc1nnc(CNC(=O)Cc2csc(NC(=O)c3ccc(F)cc3)n2)o1. The lowest BCUT2D eigenvalue weighted by Crippen LogP contribution is -2.24. The number of anilines is 1. The van der Waals surface area contributed by atoms with Gasteiger partial charge in [0.15, 0.2) is 5.13 Å². The van der Waals surface area contributed by atoms with Gasteiger partial charge < -0.3 is 9.73 Å². The molecule has 0 spiro atoms. The second-order valence-corrected chi connectivity index (χ2v) is 6.13. The van der Waals surface area contributed by atoms with Crippen molar-refractivity contribution in [3.05, 3.63) is 58.5 Å². The Balaban J connectivity index is 1.51. The zero-order chi connectivity index (χ0) is 18.5. The van der Waals surface area contributed by atoms with Gasteiger partial charge in [-0.3, -0.25) is 14.9 Å². The first-order valence-electron chi connectivity index (χ1n) is 7.56. The second-order valence-electron chi connectivity index (χ2n) is 5.27. The summed E-state index contributed by atoms with van der Waals surface area (Å²) in [6.07, 6.45) is 0.0516. The van der Waals surface area contributed by atoms with Crippen LogP contribution in [0.15, 0.2) is 34.1 Å². The number of halogens is 1. The lowest BCUT2D eigenvalue weighted by Gasteiger charge is -2.02. The van der Waals surface area contributed by atoms with E-state index in [0.29, 0.717) is 28.2 Å². The molecule has 0 bridgehead atoms. The summed E-state index contributed by atoms with van der Waals surface area (Å²) in [5.74, 6) is -0.332. The van der Waals surface area contributed by atoms with Crippen LogP contribution in [0.25, 0.3) is 0 Å². The first-order chi connectivity index (χ1) is 12.5. The molecule has 3 rings (SSSR count). The first-order valence-corrected chi connectivity index (χ1v) is 8.44. The summed E-state index contributed by atoms with van der Waals surface area (Å²) in [6, 6.07) is 5.17. The molecule has 8 nitrogen and oxygen atoms in total. The summed E-state index contributed by atoms with van der Waals surface area (Å²) < 4.78 is 18.0. The monoisotopic (exact) mass is 375 g/mol. The van der Waals surface area contributed by atoms with Crippen molar-refractivity contribution < 1.29 is 18.4 Å². The fourth-order valence-corrected chi connectivity index (χ4v) is 2.73. The molecule has 1 aromatic carbocycles. The quantitative estimate of drug-likeness (QED) is 0.683. The van der Waals surface area contributed by atoms with Gasteiger partial charge in [-0.05, 0) is 24.3 Å². The molecule has 0 saturated carbocycles.